The van der Waals surface area contributed by atoms with Crippen molar-refractivity contribution in [2.24, 2.45) is 0 Å². The molecule has 1 aliphatic heterocycles. The summed E-state index contributed by atoms with van der Waals surface area (Å²) in [4.78, 5) is 25.6. The van der Waals surface area contributed by atoms with Gasteiger partial charge in [0.05, 0.1) is 0 Å². The summed E-state index contributed by atoms with van der Waals surface area (Å²) >= 11 is 0. The van der Waals surface area contributed by atoms with Crippen molar-refractivity contribution < 1.29 is 19.4 Å². The zero-order valence-corrected chi connectivity index (χ0v) is 16.2. The van der Waals surface area contributed by atoms with Gasteiger partial charge in [-0.15, -0.1) is 0 Å². The number of phenolic OH excluding ortho intramolecular Hbond substituents is 1. The first-order valence-electron chi connectivity index (χ1n) is 10.0. The van der Waals surface area contributed by atoms with Crippen molar-refractivity contribution in [1.82, 2.24) is 10.2 Å². The summed E-state index contributed by atoms with van der Waals surface area (Å²) in [5.41, 5.74) is 1.26. The second-order valence-electron chi connectivity index (χ2n) is 7.31. The molecule has 2 amide bonds. The third-order valence-corrected chi connectivity index (χ3v) is 5.40. The third-order valence-electron chi connectivity index (χ3n) is 5.40. The van der Waals surface area contributed by atoms with Crippen molar-refractivity contribution >= 4 is 17.5 Å². The lowest BCUT2D eigenvalue weighted by molar-refractivity contribution is -0.128. The maximum Gasteiger partial charge on any atom is 0.262 e. The maximum absolute atomic E-state index is 12.2. The summed E-state index contributed by atoms with van der Waals surface area (Å²) in [7, 11) is 0. The van der Waals surface area contributed by atoms with E-state index in [1.807, 2.05) is 11.0 Å². The van der Waals surface area contributed by atoms with Crippen LogP contribution in [0.5, 0.6) is 11.5 Å². The van der Waals surface area contributed by atoms with E-state index in [1.165, 1.54) is 25.3 Å². The van der Waals surface area contributed by atoms with Crippen LogP contribution in [0.3, 0.4) is 0 Å². The van der Waals surface area contributed by atoms with Gasteiger partial charge in [-0.1, -0.05) is 31.9 Å². The van der Waals surface area contributed by atoms with Crippen molar-refractivity contribution in [3.63, 3.8) is 0 Å². The van der Waals surface area contributed by atoms with Crippen LogP contribution in [0.4, 0.5) is 5.69 Å². The van der Waals surface area contributed by atoms with Gasteiger partial charge in [0.1, 0.15) is 11.4 Å². The summed E-state index contributed by atoms with van der Waals surface area (Å²) in [5.74, 6) is 0.274. The van der Waals surface area contributed by atoms with Crippen molar-refractivity contribution in [3.8, 4) is 11.5 Å². The molecule has 1 fully saturated rings. The fourth-order valence-electron chi connectivity index (χ4n) is 3.94. The molecule has 0 radical (unpaired) electrons. The topological polar surface area (TPSA) is 90.9 Å². The number of rotatable bonds is 8. The minimum atomic E-state index is -0.271. The van der Waals surface area contributed by atoms with E-state index >= 15 is 0 Å². The predicted octanol–water partition coefficient (Wildman–Crippen LogP) is 2.20. The average molecular weight is 387 g/mol. The quantitative estimate of drug-likeness (QED) is 0.361. The number of nitrogens with one attached hydrogen (secondary N) is 2. The highest BCUT2D eigenvalue weighted by atomic mass is 16.5. The second kappa shape index (κ2) is 9.59. The molecule has 0 saturated heterocycles. The highest BCUT2D eigenvalue weighted by Gasteiger charge is 2.24. The number of carbonyl (C=O) groups is 2. The number of hydrogen-bond donors (Lipinski definition) is 3. The summed E-state index contributed by atoms with van der Waals surface area (Å²) in [6, 6.07) is 3.70. The molecule has 1 saturated carbocycles. The zero-order valence-electron chi connectivity index (χ0n) is 16.2. The Kier molecular flexibility index (Phi) is 6.92. The van der Waals surface area contributed by atoms with Gasteiger partial charge in [-0.05, 0) is 43.5 Å². The second-order valence-corrected chi connectivity index (χ2v) is 7.31. The summed E-state index contributed by atoms with van der Waals surface area (Å²) in [5, 5.41) is 15.9. The van der Waals surface area contributed by atoms with Crippen molar-refractivity contribution in [1.29, 1.82) is 0 Å². The van der Waals surface area contributed by atoms with E-state index in [0.29, 0.717) is 43.5 Å². The molecule has 0 aromatic heterocycles. The number of amides is 2. The molecule has 7 heteroatoms. The van der Waals surface area contributed by atoms with Crippen LogP contribution in [0, 0.1) is 0 Å². The van der Waals surface area contributed by atoms with Gasteiger partial charge < -0.3 is 25.4 Å². The number of benzene rings is 1. The van der Waals surface area contributed by atoms with Gasteiger partial charge in [0.25, 0.3) is 5.91 Å². The van der Waals surface area contributed by atoms with E-state index in [9.17, 15) is 14.7 Å². The van der Waals surface area contributed by atoms with E-state index in [-0.39, 0.29) is 24.2 Å². The molecule has 1 aromatic rings. The Bertz CT molecular complexity index is 729. The number of anilines is 1. The van der Waals surface area contributed by atoms with E-state index in [0.717, 1.165) is 18.4 Å². The Morgan fingerprint density at radius 2 is 2.11 bits per heavy atom. The van der Waals surface area contributed by atoms with E-state index in [1.54, 1.807) is 6.07 Å². The minimum absolute atomic E-state index is 0.00504. The van der Waals surface area contributed by atoms with Gasteiger partial charge in [0, 0.05) is 19.1 Å². The standard InChI is InChI=1S/C21H29N3O4/c1-2-19(27)24(16-6-4-3-5-7-16)13-12-22-11-10-15-8-9-17(25)20-21(15)28-14-18(26)23-20/h2,8-9,16,22,25H,1,3-7,10-14H2,(H,23,26). The van der Waals surface area contributed by atoms with Gasteiger partial charge in [0.2, 0.25) is 5.91 Å². The van der Waals surface area contributed by atoms with Crippen LogP contribution in [-0.4, -0.2) is 54.1 Å². The van der Waals surface area contributed by atoms with E-state index in [2.05, 4.69) is 17.2 Å². The first kappa shape index (κ1) is 20.2. The molecule has 0 unspecified atom stereocenters. The number of ether oxygens (including phenoxy) is 1. The molecule has 152 valence electrons. The summed E-state index contributed by atoms with van der Waals surface area (Å²) in [6.07, 6.45) is 7.86. The highest BCUT2D eigenvalue weighted by Crippen LogP contribution is 2.39. The Morgan fingerprint density at radius 1 is 1.32 bits per heavy atom. The van der Waals surface area contributed by atoms with Crippen LogP contribution in [0.2, 0.25) is 0 Å². The largest absolute Gasteiger partial charge is 0.506 e. The van der Waals surface area contributed by atoms with Crippen LogP contribution < -0.4 is 15.4 Å². The smallest absolute Gasteiger partial charge is 0.262 e. The Morgan fingerprint density at radius 3 is 2.86 bits per heavy atom. The fraction of sp³-hybridized carbons (Fsp3) is 0.524. The van der Waals surface area contributed by atoms with Crippen LogP contribution in [0.25, 0.3) is 0 Å². The molecular formula is C21H29N3O4. The molecule has 0 atom stereocenters. The number of phenols is 1. The molecule has 28 heavy (non-hydrogen) atoms. The van der Waals surface area contributed by atoms with Crippen LogP contribution in [0.1, 0.15) is 37.7 Å². The lowest BCUT2D eigenvalue weighted by atomic mass is 9.94. The third kappa shape index (κ3) is 4.84. The summed E-state index contributed by atoms with van der Waals surface area (Å²) < 4.78 is 5.50. The Hall–Kier alpha value is -2.54. The van der Waals surface area contributed by atoms with Crippen LogP contribution in [-0.2, 0) is 16.0 Å². The first-order chi connectivity index (χ1) is 13.6. The highest BCUT2D eigenvalue weighted by molar-refractivity contribution is 5.97. The van der Waals surface area contributed by atoms with Gasteiger partial charge in [-0.3, -0.25) is 9.59 Å². The minimum Gasteiger partial charge on any atom is -0.506 e. The summed E-state index contributed by atoms with van der Waals surface area (Å²) in [6.45, 7) is 5.66. The average Bonchev–Trinajstić information content (AvgIpc) is 2.72. The molecule has 7 nitrogen and oxygen atoms in total. The van der Waals surface area contributed by atoms with Gasteiger partial charge in [0.15, 0.2) is 12.4 Å². The number of hydrogen-bond acceptors (Lipinski definition) is 5. The van der Waals surface area contributed by atoms with E-state index < -0.39 is 0 Å². The van der Waals surface area contributed by atoms with Crippen molar-refractivity contribution in [3.05, 3.63) is 30.4 Å². The first-order valence-corrected chi connectivity index (χ1v) is 10.0. The van der Waals surface area contributed by atoms with Gasteiger partial charge >= 0.3 is 0 Å². The molecule has 1 aromatic carbocycles. The Labute approximate surface area is 165 Å². The van der Waals surface area contributed by atoms with Crippen LogP contribution in [0.15, 0.2) is 24.8 Å². The molecular weight excluding hydrogens is 358 g/mol. The number of aromatic hydroxyl groups is 1. The predicted molar refractivity (Wildman–Crippen MR) is 108 cm³/mol. The van der Waals surface area contributed by atoms with E-state index in [4.69, 9.17) is 4.74 Å². The van der Waals surface area contributed by atoms with Gasteiger partial charge in [-0.25, -0.2) is 0 Å². The molecule has 1 heterocycles. The fourth-order valence-corrected chi connectivity index (χ4v) is 3.94. The molecule has 3 rings (SSSR count). The van der Waals surface area contributed by atoms with Crippen molar-refractivity contribution in [2.75, 3.05) is 31.6 Å². The molecule has 0 spiro atoms. The molecule has 0 bridgehead atoms. The Balaban J connectivity index is 1.50. The normalized spacial score (nSPS) is 16.6. The number of nitrogens with zero attached hydrogens (tertiary/aromatic N) is 1. The lowest BCUT2D eigenvalue weighted by Crippen LogP contribution is -2.44. The SMILES string of the molecule is C=CC(=O)N(CCNCCc1ccc(O)c2c1OCC(=O)N2)C1CCCCC1. The zero-order chi connectivity index (χ0) is 19.9. The van der Waals surface area contributed by atoms with Crippen molar-refractivity contribution in [2.45, 2.75) is 44.6 Å². The van der Waals surface area contributed by atoms with Crippen LogP contribution >= 0.6 is 0 Å². The number of fused-ring (bicyclic) bond motifs is 1. The van der Waals surface area contributed by atoms with Gasteiger partial charge in [-0.2, -0.15) is 0 Å². The maximum atomic E-state index is 12.2. The molecule has 2 aliphatic rings. The molecule has 3 N–H and O–H groups in total. The monoisotopic (exact) mass is 387 g/mol. The molecule has 1 aliphatic carbocycles. The number of carbonyl (C=O) groups excluding carboxylic acids is 2. The lowest BCUT2D eigenvalue weighted by Gasteiger charge is -2.33.